The second-order valence-electron chi connectivity index (χ2n) is 11.6. The highest BCUT2D eigenvalue weighted by Crippen LogP contribution is 2.32. The maximum Gasteiger partial charge on any atom is 0.226 e. The maximum atomic E-state index is 14.9. The second-order valence-corrected chi connectivity index (χ2v) is 11.6. The van der Waals surface area contributed by atoms with E-state index < -0.39 is 17.5 Å². The summed E-state index contributed by atoms with van der Waals surface area (Å²) in [6.07, 6.45) is 1.47. The van der Waals surface area contributed by atoms with Crippen molar-refractivity contribution in [3.63, 3.8) is 0 Å². The predicted octanol–water partition coefficient (Wildman–Crippen LogP) is 3.91. The molecule has 1 atom stereocenters. The Morgan fingerprint density at radius 1 is 1.07 bits per heavy atom. The van der Waals surface area contributed by atoms with Crippen molar-refractivity contribution in [2.24, 2.45) is 0 Å². The van der Waals surface area contributed by atoms with E-state index in [9.17, 15) is 9.50 Å². The Labute approximate surface area is 259 Å². The molecular formula is C31H37FN8O5. The number of aromatic nitrogens is 6. The van der Waals surface area contributed by atoms with Crippen LogP contribution >= 0.6 is 0 Å². The van der Waals surface area contributed by atoms with Gasteiger partial charge in [-0.2, -0.15) is 9.61 Å². The van der Waals surface area contributed by atoms with Gasteiger partial charge < -0.3 is 34.3 Å². The third kappa shape index (κ3) is 6.15. The first-order chi connectivity index (χ1) is 21.6. The van der Waals surface area contributed by atoms with E-state index in [4.69, 9.17) is 34.0 Å². The van der Waals surface area contributed by atoms with Gasteiger partial charge in [0.15, 0.2) is 23.0 Å². The summed E-state index contributed by atoms with van der Waals surface area (Å²) in [7, 11) is 4.61. The number of hydrogen-bond donors (Lipinski definition) is 2. The van der Waals surface area contributed by atoms with Gasteiger partial charge in [0.1, 0.15) is 17.6 Å². The Morgan fingerprint density at radius 3 is 2.60 bits per heavy atom. The Balaban J connectivity index is 1.36. The number of methoxy groups -OCH3 is 3. The molecule has 0 saturated carbocycles. The lowest BCUT2D eigenvalue weighted by Gasteiger charge is -2.32. The molecule has 13 nitrogen and oxygen atoms in total. The number of fused-ring (bicyclic) bond motifs is 3. The summed E-state index contributed by atoms with van der Waals surface area (Å²) in [4.78, 5) is 11.8. The topological polar surface area (TPSA) is 133 Å². The Hall–Kier alpha value is -4.69. The minimum atomic E-state index is -0.895. The monoisotopic (exact) mass is 620 g/mol. The van der Waals surface area contributed by atoms with E-state index in [-0.39, 0.29) is 5.75 Å². The third-order valence-electron chi connectivity index (χ3n) is 7.66. The van der Waals surface area contributed by atoms with Crippen LogP contribution in [0.25, 0.3) is 16.6 Å². The molecule has 1 aliphatic rings. The normalized spacial score (nSPS) is 15.6. The number of nitrogens with one attached hydrogen (secondary N) is 1. The lowest BCUT2D eigenvalue weighted by Crippen LogP contribution is -2.39. The van der Waals surface area contributed by atoms with Gasteiger partial charge in [-0.05, 0) is 39.0 Å². The molecule has 14 heteroatoms. The summed E-state index contributed by atoms with van der Waals surface area (Å²) in [6, 6.07) is 8.48. The molecule has 2 N–H and O–H groups in total. The lowest BCUT2D eigenvalue weighted by atomic mass is 10.1. The van der Waals surface area contributed by atoms with Gasteiger partial charge in [-0.1, -0.05) is 0 Å². The minimum Gasteiger partial charge on any atom is -0.497 e. The van der Waals surface area contributed by atoms with Crippen LogP contribution in [0.4, 0.5) is 16.0 Å². The zero-order chi connectivity index (χ0) is 31.9. The van der Waals surface area contributed by atoms with Gasteiger partial charge in [-0.3, -0.25) is 4.68 Å². The number of ether oxygens (including phenoxy) is 4. The molecule has 6 rings (SSSR count). The molecule has 0 radical (unpaired) electrons. The van der Waals surface area contributed by atoms with Crippen LogP contribution in [-0.4, -0.2) is 81.1 Å². The van der Waals surface area contributed by atoms with Crippen LogP contribution in [0, 0.1) is 12.7 Å². The molecule has 1 aliphatic heterocycles. The first-order valence-electron chi connectivity index (χ1n) is 14.6. The minimum absolute atomic E-state index is 0.0774. The number of morpholine rings is 1. The molecule has 1 fully saturated rings. The molecule has 3 aromatic heterocycles. The smallest absolute Gasteiger partial charge is 0.226 e. The van der Waals surface area contributed by atoms with Gasteiger partial charge in [-0.15, -0.1) is 5.10 Å². The molecular weight excluding hydrogens is 583 g/mol. The van der Waals surface area contributed by atoms with Crippen LogP contribution in [0.15, 0.2) is 36.5 Å². The quantitative estimate of drug-likeness (QED) is 0.235. The average molecular weight is 621 g/mol. The van der Waals surface area contributed by atoms with E-state index in [1.54, 1.807) is 43.3 Å². The van der Waals surface area contributed by atoms with Crippen LogP contribution in [0.3, 0.4) is 0 Å². The number of aliphatic hydroxyl groups is 1. The zero-order valence-electron chi connectivity index (χ0n) is 26.2. The SMILES string of the molecule is COc1ccc(CNc2nc3cc(OC)c(F)cc3c3nc(C4CN(c5cn(CC(C)(C)O)nc5C)CCO4)nn23)c(OC)c1. The second kappa shape index (κ2) is 12.0. The molecule has 45 heavy (non-hydrogen) atoms. The molecule has 0 aliphatic carbocycles. The number of rotatable bonds is 10. The molecule has 4 heterocycles. The number of benzene rings is 2. The standard InChI is InChI=1S/C31H37FN8O5/c1-18-24(15-39(36-18)17-31(2,3)41)38-9-10-45-27(16-38)28-35-29-21-12-22(32)26(44-6)13-23(21)34-30(40(29)37-28)33-14-19-7-8-20(42-4)11-25(19)43-5/h7-8,11-13,15,27,41H,9-10,14,16-17H2,1-6H3,(H,33,34). The van der Waals surface area contributed by atoms with Crippen molar-refractivity contribution in [1.82, 2.24) is 29.4 Å². The Bertz CT molecular complexity index is 1850. The largest absolute Gasteiger partial charge is 0.497 e. The Morgan fingerprint density at radius 2 is 1.87 bits per heavy atom. The molecule has 0 spiro atoms. The summed E-state index contributed by atoms with van der Waals surface area (Å²) >= 11 is 0. The number of anilines is 2. The summed E-state index contributed by atoms with van der Waals surface area (Å²) in [5.74, 6) is 1.72. The van der Waals surface area contributed by atoms with E-state index in [1.807, 2.05) is 31.3 Å². The van der Waals surface area contributed by atoms with Gasteiger partial charge in [0.25, 0.3) is 0 Å². The number of halogens is 1. The van der Waals surface area contributed by atoms with E-state index in [2.05, 4.69) is 15.3 Å². The fraction of sp³-hybridized carbons (Fsp3) is 0.419. The first-order valence-corrected chi connectivity index (χ1v) is 14.6. The summed E-state index contributed by atoms with van der Waals surface area (Å²) in [5, 5.41) is 23.5. The van der Waals surface area contributed by atoms with Gasteiger partial charge in [0.2, 0.25) is 5.95 Å². The Kier molecular flexibility index (Phi) is 8.10. The number of nitrogens with zero attached hydrogens (tertiary/aromatic N) is 7. The van der Waals surface area contributed by atoms with Crippen LogP contribution in [0.5, 0.6) is 17.2 Å². The molecule has 0 bridgehead atoms. The van der Waals surface area contributed by atoms with Crippen LogP contribution < -0.4 is 24.4 Å². The van der Waals surface area contributed by atoms with Crippen molar-refractivity contribution in [3.05, 3.63) is 59.4 Å². The van der Waals surface area contributed by atoms with Crippen molar-refractivity contribution >= 4 is 28.2 Å². The van der Waals surface area contributed by atoms with E-state index in [1.165, 1.54) is 13.2 Å². The predicted molar refractivity (Wildman–Crippen MR) is 166 cm³/mol. The fourth-order valence-electron chi connectivity index (χ4n) is 5.52. The highest BCUT2D eigenvalue weighted by Gasteiger charge is 2.29. The summed E-state index contributed by atoms with van der Waals surface area (Å²) in [5.41, 5.74) is 2.70. The van der Waals surface area contributed by atoms with Gasteiger partial charge in [0, 0.05) is 42.4 Å². The van der Waals surface area contributed by atoms with Crippen LogP contribution in [0.1, 0.15) is 37.0 Å². The lowest BCUT2D eigenvalue weighted by molar-refractivity contribution is 0.0341. The number of aryl methyl sites for hydroxylation is 1. The van der Waals surface area contributed by atoms with Crippen molar-refractivity contribution in [2.45, 2.75) is 45.6 Å². The fourth-order valence-corrected chi connectivity index (χ4v) is 5.52. The van der Waals surface area contributed by atoms with E-state index in [0.717, 1.165) is 16.9 Å². The molecule has 2 aromatic carbocycles. The van der Waals surface area contributed by atoms with E-state index >= 15 is 0 Å². The van der Waals surface area contributed by atoms with E-state index in [0.29, 0.717) is 72.6 Å². The highest BCUT2D eigenvalue weighted by atomic mass is 19.1. The molecule has 238 valence electrons. The highest BCUT2D eigenvalue weighted by molar-refractivity contribution is 5.93. The maximum absolute atomic E-state index is 14.9. The molecule has 1 saturated heterocycles. The van der Waals surface area contributed by atoms with Crippen molar-refractivity contribution in [3.8, 4) is 17.2 Å². The summed E-state index contributed by atoms with van der Waals surface area (Å²) < 4.78 is 40.5. The third-order valence-corrected chi connectivity index (χ3v) is 7.66. The van der Waals surface area contributed by atoms with Crippen molar-refractivity contribution in [2.75, 3.05) is 51.2 Å². The van der Waals surface area contributed by atoms with Crippen LogP contribution in [-0.2, 0) is 17.8 Å². The number of hydrogen-bond acceptors (Lipinski definition) is 11. The summed E-state index contributed by atoms with van der Waals surface area (Å²) in [6.45, 7) is 7.76. The molecule has 0 amide bonds. The zero-order valence-corrected chi connectivity index (χ0v) is 26.2. The molecule has 5 aromatic rings. The van der Waals surface area contributed by atoms with Crippen LogP contribution in [0.2, 0.25) is 0 Å². The van der Waals surface area contributed by atoms with Gasteiger partial charge in [-0.25, -0.2) is 14.4 Å². The average Bonchev–Trinajstić information content (AvgIpc) is 3.63. The van der Waals surface area contributed by atoms with Gasteiger partial charge >= 0.3 is 0 Å². The van der Waals surface area contributed by atoms with Gasteiger partial charge in [0.05, 0.1) is 63.5 Å². The molecule has 1 unspecified atom stereocenters. The first kappa shape index (κ1) is 30.3. The van der Waals surface area contributed by atoms with Crippen molar-refractivity contribution < 1.29 is 28.4 Å². The van der Waals surface area contributed by atoms with Crippen molar-refractivity contribution in [1.29, 1.82) is 0 Å².